The molecule has 0 spiro atoms. The van der Waals surface area contributed by atoms with Crippen molar-refractivity contribution in [3.05, 3.63) is 53.1 Å². The number of rotatable bonds is 12. The number of methoxy groups -OCH3 is 9. The number of ether oxygens (including phenoxy) is 9. The van der Waals surface area contributed by atoms with Gasteiger partial charge in [-0.2, -0.15) is 0 Å². The second kappa shape index (κ2) is 11.9. The van der Waals surface area contributed by atoms with Crippen LogP contribution in [0.1, 0.15) is 16.7 Å². The molecular formula is C28H34O10. The summed E-state index contributed by atoms with van der Waals surface area (Å²) in [4.78, 5) is 0. The molecule has 0 atom stereocenters. The third-order valence-electron chi connectivity index (χ3n) is 6.23. The zero-order chi connectivity index (χ0) is 28.0. The fraction of sp³-hybridized carbons (Fsp3) is 0.357. The summed E-state index contributed by atoms with van der Waals surface area (Å²) in [7, 11) is 13.4. The summed E-state index contributed by atoms with van der Waals surface area (Å²) in [5.41, 5.74) is -1.47. The molecule has 0 aliphatic carbocycles. The first-order chi connectivity index (χ1) is 18.3. The average Bonchev–Trinajstić information content (AvgIpc) is 2.97. The third kappa shape index (κ3) is 4.74. The lowest BCUT2D eigenvalue weighted by Gasteiger charge is -2.36. The Bertz CT molecular complexity index is 1040. The Morgan fingerprint density at radius 3 is 0.684 bits per heavy atom. The molecule has 0 bridgehead atoms. The largest absolute Gasteiger partial charge is 0.496 e. The van der Waals surface area contributed by atoms with Crippen molar-refractivity contribution >= 4 is 0 Å². The Hall–Kier alpha value is -4.18. The van der Waals surface area contributed by atoms with Gasteiger partial charge < -0.3 is 47.7 Å². The highest BCUT2D eigenvalue weighted by Gasteiger charge is 2.48. The van der Waals surface area contributed by atoms with E-state index in [1.165, 1.54) is 64.0 Å². The zero-order valence-corrected chi connectivity index (χ0v) is 23.1. The van der Waals surface area contributed by atoms with Crippen LogP contribution < -0.4 is 42.6 Å². The van der Waals surface area contributed by atoms with Crippen LogP contribution in [0.15, 0.2) is 36.4 Å². The average molecular weight is 531 g/mol. The summed E-state index contributed by atoms with van der Waals surface area (Å²) in [6.07, 6.45) is 0. The number of hydrogen-bond acceptors (Lipinski definition) is 10. The van der Waals surface area contributed by atoms with E-state index < -0.39 is 5.60 Å². The molecule has 10 nitrogen and oxygen atoms in total. The minimum atomic E-state index is -2.12. The first kappa shape index (κ1) is 28.4. The number of aliphatic hydroxyl groups is 1. The molecule has 3 aromatic carbocycles. The van der Waals surface area contributed by atoms with Crippen LogP contribution >= 0.6 is 0 Å². The monoisotopic (exact) mass is 530 g/mol. The van der Waals surface area contributed by atoms with Gasteiger partial charge in [0.25, 0.3) is 0 Å². The predicted octanol–water partition coefficient (Wildman–Crippen LogP) is 4.05. The second-order valence-electron chi connectivity index (χ2n) is 7.93. The maximum Gasteiger partial charge on any atom is 0.162 e. The first-order valence-corrected chi connectivity index (χ1v) is 11.4. The normalized spacial score (nSPS) is 10.9. The van der Waals surface area contributed by atoms with Crippen molar-refractivity contribution < 1.29 is 47.7 Å². The van der Waals surface area contributed by atoms with E-state index in [-0.39, 0.29) is 51.2 Å². The smallest absolute Gasteiger partial charge is 0.162 e. The lowest BCUT2D eigenvalue weighted by Crippen LogP contribution is -2.32. The summed E-state index contributed by atoms with van der Waals surface area (Å²) < 4.78 is 51.0. The van der Waals surface area contributed by atoms with Gasteiger partial charge in [-0.05, 0) is 0 Å². The number of benzene rings is 3. The molecule has 0 unspecified atom stereocenters. The van der Waals surface area contributed by atoms with Crippen LogP contribution in [0, 0.1) is 0 Å². The second-order valence-corrected chi connectivity index (χ2v) is 7.93. The zero-order valence-electron chi connectivity index (χ0n) is 23.1. The van der Waals surface area contributed by atoms with Gasteiger partial charge in [-0.15, -0.1) is 0 Å². The Morgan fingerprint density at radius 1 is 0.368 bits per heavy atom. The van der Waals surface area contributed by atoms with Crippen LogP contribution in [0.2, 0.25) is 0 Å². The van der Waals surface area contributed by atoms with Crippen molar-refractivity contribution in [3.8, 4) is 51.7 Å². The van der Waals surface area contributed by atoms with Crippen molar-refractivity contribution in [2.75, 3.05) is 64.0 Å². The Labute approximate surface area is 222 Å². The minimum absolute atomic E-state index is 0.215. The maximum absolute atomic E-state index is 13.2. The van der Waals surface area contributed by atoms with E-state index in [2.05, 4.69) is 0 Å². The molecule has 0 saturated carbocycles. The summed E-state index contributed by atoms with van der Waals surface area (Å²) >= 11 is 0. The molecule has 0 amide bonds. The van der Waals surface area contributed by atoms with Crippen molar-refractivity contribution in [3.63, 3.8) is 0 Å². The summed E-state index contributed by atoms with van der Waals surface area (Å²) in [6, 6.07) is 9.80. The molecule has 10 heteroatoms. The van der Waals surface area contributed by atoms with Crippen LogP contribution in [0.25, 0.3) is 0 Å². The van der Waals surface area contributed by atoms with E-state index in [0.717, 1.165) is 0 Å². The van der Waals surface area contributed by atoms with Crippen LogP contribution in [0.5, 0.6) is 51.7 Å². The van der Waals surface area contributed by atoms with Crippen LogP contribution in [-0.4, -0.2) is 69.1 Å². The molecule has 0 aliphatic rings. The highest BCUT2D eigenvalue weighted by atomic mass is 16.5. The van der Waals surface area contributed by atoms with Gasteiger partial charge in [-0.1, -0.05) is 0 Å². The first-order valence-electron chi connectivity index (χ1n) is 11.4. The Kier molecular flexibility index (Phi) is 8.90. The lowest BCUT2D eigenvalue weighted by atomic mass is 9.77. The fourth-order valence-electron chi connectivity index (χ4n) is 4.46. The molecule has 38 heavy (non-hydrogen) atoms. The van der Waals surface area contributed by atoms with Crippen molar-refractivity contribution in [2.24, 2.45) is 0 Å². The van der Waals surface area contributed by atoms with E-state index in [9.17, 15) is 5.11 Å². The van der Waals surface area contributed by atoms with E-state index in [1.54, 1.807) is 36.4 Å². The molecule has 3 rings (SSSR count). The highest BCUT2D eigenvalue weighted by Crippen LogP contribution is 2.57. The lowest BCUT2D eigenvalue weighted by molar-refractivity contribution is 0.104. The quantitative estimate of drug-likeness (QED) is 0.345. The van der Waals surface area contributed by atoms with Crippen LogP contribution in [0.3, 0.4) is 0 Å². The van der Waals surface area contributed by atoms with Gasteiger partial charge in [0.1, 0.15) is 51.7 Å². The SMILES string of the molecule is COc1cc(OC)c(C(O)(c2c(OC)cc(OC)cc2OC)c2c(OC)cc(OC)cc2OC)c(OC)c1. The van der Waals surface area contributed by atoms with Gasteiger partial charge in [-0.3, -0.25) is 0 Å². The molecule has 0 fully saturated rings. The molecule has 0 radical (unpaired) electrons. The molecular weight excluding hydrogens is 496 g/mol. The van der Waals surface area contributed by atoms with E-state index >= 15 is 0 Å². The van der Waals surface area contributed by atoms with Crippen LogP contribution in [0.4, 0.5) is 0 Å². The molecule has 0 aliphatic heterocycles. The summed E-state index contributed by atoms with van der Waals surface area (Å²) in [6.45, 7) is 0. The Balaban J connectivity index is 2.68. The molecule has 0 heterocycles. The van der Waals surface area contributed by atoms with Gasteiger partial charge in [0.05, 0.1) is 80.7 Å². The van der Waals surface area contributed by atoms with E-state index in [4.69, 9.17) is 42.6 Å². The topological polar surface area (TPSA) is 103 Å². The summed E-state index contributed by atoms with van der Waals surface area (Å²) in [5, 5.41) is 13.2. The standard InChI is InChI=1S/C28H34O10/c1-30-16-10-19(33-4)25(20(11-16)34-5)28(29,26-21(35-6)12-17(31-2)13-22(26)36-7)27-23(37-8)14-18(32-3)15-24(27)38-9/h10-15,29H,1-9H3. The van der Waals surface area contributed by atoms with E-state index in [1.807, 2.05) is 0 Å². The van der Waals surface area contributed by atoms with Gasteiger partial charge in [0.15, 0.2) is 5.60 Å². The maximum atomic E-state index is 13.2. The van der Waals surface area contributed by atoms with Gasteiger partial charge in [0.2, 0.25) is 0 Å². The van der Waals surface area contributed by atoms with Crippen molar-refractivity contribution in [1.29, 1.82) is 0 Å². The van der Waals surface area contributed by atoms with Crippen LogP contribution in [-0.2, 0) is 5.60 Å². The number of hydrogen-bond donors (Lipinski definition) is 1. The molecule has 3 aromatic rings. The van der Waals surface area contributed by atoms with Gasteiger partial charge >= 0.3 is 0 Å². The van der Waals surface area contributed by atoms with Gasteiger partial charge in [0, 0.05) is 36.4 Å². The van der Waals surface area contributed by atoms with E-state index in [0.29, 0.717) is 17.2 Å². The molecule has 206 valence electrons. The fourth-order valence-corrected chi connectivity index (χ4v) is 4.46. The van der Waals surface area contributed by atoms with Gasteiger partial charge in [-0.25, -0.2) is 0 Å². The highest BCUT2D eigenvalue weighted by molar-refractivity contribution is 5.71. The third-order valence-corrected chi connectivity index (χ3v) is 6.23. The molecule has 1 N–H and O–H groups in total. The van der Waals surface area contributed by atoms with Crippen molar-refractivity contribution in [1.82, 2.24) is 0 Å². The molecule has 0 aromatic heterocycles. The van der Waals surface area contributed by atoms with Crippen molar-refractivity contribution in [2.45, 2.75) is 5.60 Å². The Morgan fingerprint density at radius 2 is 0.553 bits per heavy atom. The predicted molar refractivity (Wildman–Crippen MR) is 140 cm³/mol. The summed E-state index contributed by atoms with van der Waals surface area (Å²) in [5.74, 6) is 2.87. The molecule has 0 saturated heterocycles. The minimum Gasteiger partial charge on any atom is -0.496 e.